The Morgan fingerprint density at radius 3 is 2.83 bits per heavy atom. The van der Waals surface area contributed by atoms with E-state index < -0.39 is 10.0 Å². The summed E-state index contributed by atoms with van der Waals surface area (Å²) in [6, 6.07) is 3.56. The van der Waals surface area contributed by atoms with Crippen LogP contribution in [0.5, 0.6) is 0 Å². The smallest absolute Gasteiger partial charge is 0.267 e. The van der Waals surface area contributed by atoms with Crippen molar-refractivity contribution >= 4 is 15.9 Å². The second-order valence-corrected chi connectivity index (χ2v) is 5.80. The lowest BCUT2D eigenvalue weighted by Gasteiger charge is -2.08. The van der Waals surface area contributed by atoms with Gasteiger partial charge in [0.1, 0.15) is 5.69 Å². The molecule has 0 atom stereocenters. The fourth-order valence-corrected chi connectivity index (χ4v) is 2.17. The molecule has 7 heteroatoms. The van der Waals surface area contributed by atoms with Crippen molar-refractivity contribution in [3.8, 4) is 0 Å². The molecule has 0 aromatic carbocycles. The van der Waals surface area contributed by atoms with Crippen LogP contribution in [0.15, 0.2) is 18.3 Å². The molecule has 0 aliphatic carbocycles. The zero-order chi connectivity index (χ0) is 13.6. The van der Waals surface area contributed by atoms with Gasteiger partial charge in [0, 0.05) is 19.3 Å². The molecule has 0 aliphatic rings. The number of primary sulfonamides is 1. The lowest BCUT2D eigenvalue weighted by atomic mass is 10.3. The molecule has 0 aliphatic heterocycles. The predicted molar refractivity (Wildman–Crippen MR) is 69.6 cm³/mol. The normalized spacial score (nSPS) is 11.4. The minimum atomic E-state index is -3.45. The van der Waals surface area contributed by atoms with E-state index in [2.05, 4.69) is 5.32 Å². The first kappa shape index (κ1) is 14.7. The fourth-order valence-electron chi connectivity index (χ4n) is 1.62. The van der Waals surface area contributed by atoms with E-state index in [1.165, 1.54) is 0 Å². The van der Waals surface area contributed by atoms with Crippen LogP contribution in [-0.2, 0) is 16.6 Å². The largest absolute Gasteiger partial charge is 0.351 e. The minimum absolute atomic E-state index is 0.122. The lowest BCUT2D eigenvalue weighted by Crippen LogP contribution is -2.28. The van der Waals surface area contributed by atoms with E-state index in [1.54, 1.807) is 6.07 Å². The zero-order valence-electron chi connectivity index (χ0n) is 10.4. The van der Waals surface area contributed by atoms with Gasteiger partial charge in [0.2, 0.25) is 10.0 Å². The molecular weight excluding hydrogens is 254 g/mol. The molecule has 3 N–H and O–H groups in total. The Balaban J connectivity index is 2.43. The molecular formula is C11H19N3O3S. The summed E-state index contributed by atoms with van der Waals surface area (Å²) in [4.78, 5) is 11.8. The van der Waals surface area contributed by atoms with Gasteiger partial charge in [0.05, 0.1) is 5.75 Å². The molecule has 0 spiro atoms. The van der Waals surface area contributed by atoms with E-state index in [1.807, 2.05) is 23.8 Å². The summed E-state index contributed by atoms with van der Waals surface area (Å²) in [7, 11) is -3.45. The lowest BCUT2D eigenvalue weighted by molar-refractivity contribution is 0.0944. The molecule has 1 aromatic heterocycles. The third-order valence-corrected chi connectivity index (χ3v) is 3.28. The Morgan fingerprint density at radius 2 is 2.22 bits per heavy atom. The van der Waals surface area contributed by atoms with Crippen molar-refractivity contribution in [2.24, 2.45) is 5.14 Å². The monoisotopic (exact) mass is 273 g/mol. The predicted octanol–water partition coefficient (Wildman–Crippen LogP) is 0.307. The molecule has 0 radical (unpaired) electrons. The number of rotatable bonds is 7. The van der Waals surface area contributed by atoms with Crippen molar-refractivity contribution in [3.05, 3.63) is 24.0 Å². The molecule has 0 saturated heterocycles. The maximum absolute atomic E-state index is 11.8. The number of hydrogen-bond donors (Lipinski definition) is 2. The summed E-state index contributed by atoms with van der Waals surface area (Å²) in [5, 5.41) is 7.54. The van der Waals surface area contributed by atoms with Gasteiger partial charge >= 0.3 is 0 Å². The number of aryl methyl sites for hydroxylation is 1. The van der Waals surface area contributed by atoms with E-state index in [0.29, 0.717) is 18.7 Å². The van der Waals surface area contributed by atoms with Gasteiger partial charge in [0.15, 0.2) is 0 Å². The number of sulfonamides is 1. The van der Waals surface area contributed by atoms with E-state index in [0.717, 1.165) is 13.0 Å². The van der Waals surface area contributed by atoms with Crippen LogP contribution in [0.25, 0.3) is 0 Å². The average Bonchev–Trinajstić information content (AvgIpc) is 2.71. The van der Waals surface area contributed by atoms with Crippen molar-refractivity contribution in [2.75, 3.05) is 12.3 Å². The Bertz CT molecular complexity index is 493. The van der Waals surface area contributed by atoms with Crippen molar-refractivity contribution in [1.82, 2.24) is 9.88 Å². The Morgan fingerprint density at radius 1 is 1.50 bits per heavy atom. The summed E-state index contributed by atoms with van der Waals surface area (Å²) in [5.41, 5.74) is 0.590. The van der Waals surface area contributed by atoms with Gasteiger partial charge in [0.25, 0.3) is 5.91 Å². The maximum atomic E-state index is 11.8. The number of amides is 1. The maximum Gasteiger partial charge on any atom is 0.267 e. The molecule has 6 nitrogen and oxygen atoms in total. The molecule has 1 amide bonds. The molecule has 102 valence electrons. The summed E-state index contributed by atoms with van der Waals surface area (Å²) in [5.74, 6) is -0.314. The highest BCUT2D eigenvalue weighted by Crippen LogP contribution is 2.03. The van der Waals surface area contributed by atoms with Gasteiger partial charge in [-0.3, -0.25) is 4.79 Å². The highest BCUT2D eigenvalue weighted by Gasteiger charge is 2.10. The molecule has 1 rings (SSSR count). The van der Waals surface area contributed by atoms with E-state index in [4.69, 9.17) is 5.14 Å². The Labute approximate surface area is 107 Å². The summed E-state index contributed by atoms with van der Waals surface area (Å²) in [6.45, 7) is 3.12. The standard InChI is InChI=1S/C11H19N3O3S/c1-2-7-14-8-3-5-10(14)11(15)13-6-4-9-18(12,16)17/h3,5,8H,2,4,6-7,9H2,1H3,(H,13,15)(H2,12,16,17). The number of carbonyl (C=O) groups is 1. The first-order valence-electron chi connectivity index (χ1n) is 5.88. The molecule has 1 heterocycles. The van der Waals surface area contributed by atoms with Gasteiger partial charge in [-0.25, -0.2) is 13.6 Å². The quantitative estimate of drug-likeness (QED) is 0.700. The molecule has 0 fully saturated rings. The van der Waals surface area contributed by atoms with Gasteiger partial charge in [-0.1, -0.05) is 6.92 Å². The second kappa shape index (κ2) is 6.55. The van der Waals surface area contributed by atoms with Crippen LogP contribution in [0.4, 0.5) is 0 Å². The second-order valence-electron chi connectivity index (χ2n) is 4.06. The fraction of sp³-hybridized carbons (Fsp3) is 0.545. The van der Waals surface area contributed by atoms with Crippen molar-refractivity contribution < 1.29 is 13.2 Å². The van der Waals surface area contributed by atoms with Gasteiger partial charge < -0.3 is 9.88 Å². The number of nitrogens with one attached hydrogen (secondary N) is 1. The highest BCUT2D eigenvalue weighted by atomic mass is 32.2. The number of hydrogen-bond acceptors (Lipinski definition) is 3. The van der Waals surface area contributed by atoms with Crippen molar-refractivity contribution in [3.63, 3.8) is 0 Å². The summed E-state index contributed by atoms with van der Waals surface area (Å²) < 4.78 is 23.3. The third-order valence-electron chi connectivity index (χ3n) is 2.42. The van der Waals surface area contributed by atoms with E-state index in [-0.39, 0.29) is 11.7 Å². The van der Waals surface area contributed by atoms with Gasteiger partial charge in [-0.15, -0.1) is 0 Å². The zero-order valence-corrected chi connectivity index (χ0v) is 11.2. The first-order valence-corrected chi connectivity index (χ1v) is 7.59. The number of aromatic nitrogens is 1. The Kier molecular flexibility index (Phi) is 5.36. The molecule has 0 saturated carbocycles. The summed E-state index contributed by atoms with van der Waals surface area (Å²) >= 11 is 0. The van der Waals surface area contributed by atoms with Crippen LogP contribution >= 0.6 is 0 Å². The number of nitrogens with zero attached hydrogens (tertiary/aromatic N) is 1. The molecule has 18 heavy (non-hydrogen) atoms. The number of nitrogens with two attached hydrogens (primary N) is 1. The van der Waals surface area contributed by atoms with E-state index in [9.17, 15) is 13.2 Å². The average molecular weight is 273 g/mol. The summed E-state index contributed by atoms with van der Waals surface area (Å²) in [6.07, 6.45) is 3.11. The first-order chi connectivity index (χ1) is 8.44. The molecule has 0 unspecified atom stereocenters. The van der Waals surface area contributed by atoms with Crippen LogP contribution in [-0.4, -0.2) is 31.2 Å². The van der Waals surface area contributed by atoms with Gasteiger partial charge in [-0.2, -0.15) is 0 Å². The van der Waals surface area contributed by atoms with Crippen LogP contribution < -0.4 is 10.5 Å². The van der Waals surface area contributed by atoms with Crippen LogP contribution in [0.2, 0.25) is 0 Å². The molecule has 0 bridgehead atoms. The van der Waals surface area contributed by atoms with Crippen molar-refractivity contribution in [1.29, 1.82) is 0 Å². The highest BCUT2D eigenvalue weighted by molar-refractivity contribution is 7.89. The SMILES string of the molecule is CCCn1cccc1C(=O)NCCCS(N)(=O)=O. The number of carbonyl (C=O) groups excluding carboxylic acids is 1. The van der Waals surface area contributed by atoms with Crippen LogP contribution in [0.1, 0.15) is 30.3 Å². The van der Waals surface area contributed by atoms with Crippen molar-refractivity contribution in [2.45, 2.75) is 26.3 Å². The van der Waals surface area contributed by atoms with Crippen LogP contribution in [0, 0.1) is 0 Å². The molecule has 1 aromatic rings. The van der Waals surface area contributed by atoms with Crippen LogP contribution in [0.3, 0.4) is 0 Å². The third kappa shape index (κ3) is 4.89. The van der Waals surface area contributed by atoms with E-state index >= 15 is 0 Å². The minimum Gasteiger partial charge on any atom is -0.351 e. The topological polar surface area (TPSA) is 94.2 Å². The Hall–Kier alpha value is -1.34. The van der Waals surface area contributed by atoms with Gasteiger partial charge in [-0.05, 0) is 25.0 Å².